The maximum Gasteiger partial charge on any atom is 0.201 e. The Hall–Kier alpha value is -3.08. The fraction of sp³-hybridized carbons (Fsp3) is 0.429. The Balaban J connectivity index is 1.40. The van der Waals surface area contributed by atoms with Gasteiger partial charge in [-0.3, -0.25) is 0 Å². The fourth-order valence-electron chi connectivity index (χ4n) is 5.71. The average molecular weight is 553 g/mol. The molecule has 0 radical (unpaired) electrons. The number of allylic oxidation sites excluding steroid dienone is 1. The highest BCUT2D eigenvalue weighted by Crippen LogP contribution is 2.39. The van der Waals surface area contributed by atoms with Crippen LogP contribution in [-0.2, 0) is 0 Å². The van der Waals surface area contributed by atoms with Gasteiger partial charge in [-0.25, -0.2) is 13.2 Å². The molecule has 0 N–H and O–H groups in total. The summed E-state index contributed by atoms with van der Waals surface area (Å²) in [5.41, 5.74) is 1.57. The van der Waals surface area contributed by atoms with Crippen molar-refractivity contribution in [1.82, 2.24) is 0 Å². The lowest BCUT2D eigenvalue weighted by molar-refractivity contribution is 0.285. The van der Waals surface area contributed by atoms with E-state index in [0.717, 1.165) is 44.9 Å². The van der Waals surface area contributed by atoms with Crippen LogP contribution in [0.25, 0.3) is 22.3 Å². The van der Waals surface area contributed by atoms with Crippen molar-refractivity contribution in [2.45, 2.75) is 83.5 Å². The molecule has 1 fully saturated rings. The molecule has 0 unspecified atom stereocenters. The van der Waals surface area contributed by atoms with Crippen LogP contribution in [-0.4, -0.2) is 6.61 Å². The van der Waals surface area contributed by atoms with Crippen molar-refractivity contribution < 1.29 is 22.3 Å². The molecular weight excluding hydrogens is 512 g/mol. The minimum absolute atomic E-state index is 0.00231. The molecule has 3 aromatic carbocycles. The third kappa shape index (κ3) is 7.16. The summed E-state index contributed by atoms with van der Waals surface area (Å²) in [7, 11) is 0. The van der Waals surface area contributed by atoms with Crippen molar-refractivity contribution in [2.24, 2.45) is 5.92 Å². The minimum Gasteiger partial charge on any atom is -0.490 e. The molecular formula is C35H40F4O. The van der Waals surface area contributed by atoms with Gasteiger partial charge in [0.05, 0.1) is 6.61 Å². The van der Waals surface area contributed by atoms with Gasteiger partial charge in [0.1, 0.15) is 0 Å². The van der Waals surface area contributed by atoms with Gasteiger partial charge >= 0.3 is 0 Å². The molecule has 0 aromatic heterocycles. The smallest absolute Gasteiger partial charge is 0.201 e. The Morgan fingerprint density at radius 3 is 1.82 bits per heavy atom. The monoisotopic (exact) mass is 552 g/mol. The van der Waals surface area contributed by atoms with Crippen LogP contribution < -0.4 is 4.74 Å². The van der Waals surface area contributed by atoms with Crippen molar-refractivity contribution in [3.63, 3.8) is 0 Å². The second-order valence-corrected chi connectivity index (χ2v) is 11.0. The first kappa shape index (κ1) is 29.9. The zero-order valence-electron chi connectivity index (χ0n) is 23.5. The minimum atomic E-state index is -1.02. The Labute approximate surface area is 236 Å². The third-order valence-corrected chi connectivity index (χ3v) is 8.22. The summed E-state index contributed by atoms with van der Waals surface area (Å²) in [4.78, 5) is 0. The standard InChI is InChI=1S/C35H40F4O/c1-3-5-6-7-8-9-10-23-40-31-22-21-30(34(38)35(31)39)27-17-15-26(16-18-27)29-20-19-28(32(36)33(29)37)25-13-11-24(4-2)12-14-25/h4,15-22,24-25H,2-3,5-14,23H2,1H3. The largest absolute Gasteiger partial charge is 0.490 e. The third-order valence-electron chi connectivity index (χ3n) is 8.22. The normalized spacial score (nSPS) is 17.1. The first-order valence-electron chi connectivity index (χ1n) is 14.8. The van der Waals surface area contributed by atoms with Gasteiger partial charge in [-0.1, -0.05) is 87.9 Å². The molecule has 0 aliphatic heterocycles. The molecule has 0 spiro atoms. The molecule has 0 saturated heterocycles. The van der Waals surface area contributed by atoms with Crippen LogP contribution in [0, 0.1) is 29.2 Å². The first-order valence-corrected chi connectivity index (χ1v) is 14.8. The number of hydrogen-bond donors (Lipinski definition) is 0. The topological polar surface area (TPSA) is 9.23 Å². The van der Waals surface area contributed by atoms with Gasteiger partial charge in [-0.2, -0.15) is 4.39 Å². The van der Waals surface area contributed by atoms with Gasteiger partial charge < -0.3 is 4.74 Å². The zero-order chi connectivity index (χ0) is 28.5. The molecule has 0 amide bonds. The van der Waals surface area contributed by atoms with E-state index in [1.165, 1.54) is 37.8 Å². The molecule has 5 heteroatoms. The van der Waals surface area contributed by atoms with Crippen LogP contribution in [0.3, 0.4) is 0 Å². The van der Waals surface area contributed by atoms with Gasteiger partial charge in [0.25, 0.3) is 0 Å². The van der Waals surface area contributed by atoms with E-state index in [4.69, 9.17) is 4.74 Å². The summed E-state index contributed by atoms with van der Waals surface area (Å²) >= 11 is 0. The number of rotatable bonds is 13. The van der Waals surface area contributed by atoms with E-state index in [0.29, 0.717) is 29.2 Å². The van der Waals surface area contributed by atoms with E-state index in [1.54, 1.807) is 36.4 Å². The van der Waals surface area contributed by atoms with E-state index in [-0.39, 0.29) is 22.8 Å². The second kappa shape index (κ2) is 14.5. The van der Waals surface area contributed by atoms with E-state index in [9.17, 15) is 8.78 Å². The molecule has 0 heterocycles. The van der Waals surface area contributed by atoms with Crippen molar-refractivity contribution in [3.8, 4) is 28.0 Å². The second-order valence-electron chi connectivity index (χ2n) is 11.0. The van der Waals surface area contributed by atoms with E-state index >= 15 is 8.78 Å². The molecule has 1 aliphatic rings. The molecule has 3 aromatic rings. The Morgan fingerprint density at radius 2 is 1.23 bits per heavy atom. The molecule has 40 heavy (non-hydrogen) atoms. The molecule has 1 aliphatic carbocycles. The lowest BCUT2D eigenvalue weighted by Gasteiger charge is -2.27. The molecule has 0 bridgehead atoms. The summed E-state index contributed by atoms with van der Waals surface area (Å²) in [5, 5.41) is 0. The van der Waals surface area contributed by atoms with Crippen LogP contribution in [0.15, 0.2) is 61.2 Å². The van der Waals surface area contributed by atoms with Crippen molar-refractivity contribution in [2.75, 3.05) is 6.61 Å². The van der Waals surface area contributed by atoms with Gasteiger partial charge in [-0.15, -0.1) is 6.58 Å². The highest BCUT2D eigenvalue weighted by atomic mass is 19.2. The van der Waals surface area contributed by atoms with Gasteiger partial charge in [0.2, 0.25) is 5.82 Å². The van der Waals surface area contributed by atoms with Crippen molar-refractivity contribution in [3.05, 3.63) is 90.0 Å². The van der Waals surface area contributed by atoms with Crippen LogP contribution in [0.1, 0.15) is 89.0 Å². The number of hydrogen-bond acceptors (Lipinski definition) is 1. The molecule has 4 rings (SSSR count). The summed E-state index contributed by atoms with van der Waals surface area (Å²) in [6.45, 7) is 6.37. The number of unbranched alkanes of at least 4 members (excludes halogenated alkanes) is 6. The average Bonchev–Trinajstić information content (AvgIpc) is 2.98. The summed E-state index contributed by atoms with van der Waals surface area (Å²) in [6, 6.07) is 12.6. The van der Waals surface area contributed by atoms with E-state index < -0.39 is 23.3 Å². The zero-order valence-corrected chi connectivity index (χ0v) is 23.5. The molecule has 1 saturated carbocycles. The summed E-state index contributed by atoms with van der Waals surface area (Å²) in [6.07, 6.45) is 13.2. The number of benzene rings is 3. The van der Waals surface area contributed by atoms with E-state index in [2.05, 4.69) is 13.5 Å². The van der Waals surface area contributed by atoms with Crippen molar-refractivity contribution in [1.29, 1.82) is 0 Å². The SMILES string of the molecule is C=CC1CCC(c2ccc(-c3ccc(-c4ccc(OCCCCCCCCC)c(F)c4F)cc3)c(F)c2F)CC1. The lowest BCUT2D eigenvalue weighted by Crippen LogP contribution is -2.13. The number of ether oxygens (including phenoxy) is 1. The maximum atomic E-state index is 15.1. The van der Waals surface area contributed by atoms with Gasteiger partial charge in [0, 0.05) is 11.1 Å². The predicted octanol–water partition coefficient (Wildman–Crippen LogP) is 11.2. The number of halogens is 4. The Morgan fingerprint density at radius 1 is 0.675 bits per heavy atom. The van der Waals surface area contributed by atoms with E-state index in [1.807, 2.05) is 6.08 Å². The molecule has 1 nitrogen and oxygen atoms in total. The highest BCUT2D eigenvalue weighted by molar-refractivity contribution is 5.72. The van der Waals surface area contributed by atoms with Gasteiger partial charge in [0.15, 0.2) is 23.2 Å². The first-order chi connectivity index (χ1) is 19.4. The highest BCUT2D eigenvalue weighted by Gasteiger charge is 2.25. The van der Waals surface area contributed by atoms with Crippen LogP contribution in [0.2, 0.25) is 0 Å². The maximum absolute atomic E-state index is 15.1. The van der Waals surface area contributed by atoms with Crippen molar-refractivity contribution >= 4 is 0 Å². The summed E-state index contributed by atoms with van der Waals surface area (Å²) < 4.78 is 65.4. The predicted molar refractivity (Wildman–Crippen MR) is 156 cm³/mol. The molecule has 214 valence electrons. The van der Waals surface area contributed by atoms with Crippen LogP contribution in [0.5, 0.6) is 5.75 Å². The van der Waals surface area contributed by atoms with Gasteiger partial charge in [-0.05, 0) is 72.8 Å². The molecule has 0 atom stereocenters. The lowest BCUT2D eigenvalue weighted by atomic mass is 9.78. The van der Waals surface area contributed by atoms with Crippen LogP contribution in [0.4, 0.5) is 17.6 Å². The fourth-order valence-corrected chi connectivity index (χ4v) is 5.71. The Kier molecular flexibility index (Phi) is 10.9. The van der Waals surface area contributed by atoms with Crippen LogP contribution >= 0.6 is 0 Å². The summed E-state index contributed by atoms with van der Waals surface area (Å²) in [5.74, 6) is -3.34. The Bertz CT molecular complexity index is 1260. The quantitative estimate of drug-likeness (QED) is 0.116.